The highest BCUT2D eigenvalue weighted by Gasteiger charge is 2.11. The van der Waals surface area contributed by atoms with Gasteiger partial charge in [0.1, 0.15) is 5.75 Å². The summed E-state index contributed by atoms with van der Waals surface area (Å²) in [6.45, 7) is 4.73. The number of amides is 1. The van der Waals surface area contributed by atoms with Crippen molar-refractivity contribution >= 4 is 17.2 Å². The Bertz CT molecular complexity index is 578. The van der Waals surface area contributed by atoms with Gasteiger partial charge in [-0.15, -0.1) is 11.3 Å². The van der Waals surface area contributed by atoms with Crippen molar-refractivity contribution in [3.05, 3.63) is 51.7 Å². The molecule has 0 bridgehead atoms. The van der Waals surface area contributed by atoms with E-state index in [0.717, 1.165) is 11.3 Å². The fourth-order valence-electron chi connectivity index (χ4n) is 1.94. The number of ether oxygens (including phenoxy) is 1. The molecule has 1 heterocycles. The van der Waals surface area contributed by atoms with Gasteiger partial charge in [-0.1, -0.05) is 23.8 Å². The average Bonchev–Trinajstić information content (AvgIpc) is 2.90. The van der Waals surface area contributed by atoms with E-state index in [1.54, 1.807) is 23.3 Å². The van der Waals surface area contributed by atoms with Gasteiger partial charge >= 0.3 is 0 Å². The average molecular weight is 289 g/mol. The van der Waals surface area contributed by atoms with Crippen molar-refractivity contribution in [2.45, 2.75) is 20.4 Å². The van der Waals surface area contributed by atoms with Crippen LogP contribution in [0.5, 0.6) is 5.75 Å². The third-order valence-electron chi connectivity index (χ3n) is 3.08. The second-order valence-corrected chi connectivity index (χ2v) is 5.92. The molecular formula is C16H19NO2S. The first-order chi connectivity index (χ1) is 9.56. The fraction of sp³-hybridized carbons (Fsp3) is 0.312. The van der Waals surface area contributed by atoms with E-state index in [4.69, 9.17) is 4.74 Å². The highest BCUT2D eigenvalue weighted by atomic mass is 32.1. The zero-order valence-electron chi connectivity index (χ0n) is 12.1. The van der Waals surface area contributed by atoms with Crippen molar-refractivity contribution in [2.24, 2.45) is 0 Å². The number of thiophene rings is 1. The molecule has 0 radical (unpaired) electrons. The van der Waals surface area contributed by atoms with E-state index in [-0.39, 0.29) is 12.5 Å². The summed E-state index contributed by atoms with van der Waals surface area (Å²) >= 11 is 1.65. The second kappa shape index (κ2) is 6.57. The number of hydrogen-bond acceptors (Lipinski definition) is 3. The molecular weight excluding hydrogens is 270 g/mol. The molecule has 2 aromatic rings. The van der Waals surface area contributed by atoms with Gasteiger partial charge in [-0.25, -0.2) is 0 Å². The topological polar surface area (TPSA) is 29.5 Å². The lowest BCUT2D eigenvalue weighted by Crippen LogP contribution is -2.30. The normalized spacial score (nSPS) is 10.3. The Balaban J connectivity index is 1.88. The molecule has 1 amide bonds. The summed E-state index contributed by atoms with van der Waals surface area (Å²) in [6, 6.07) is 9.97. The maximum atomic E-state index is 12.0. The molecule has 0 fully saturated rings. The van der Waals surface area contributed by atoms with Gasteiger partial charge in [0.25, 0.3) is 5.91 Å². The zero-order chi connectivity index (χ0) is 14.5. The van der Waals surface area contributed by atoms with Gasteiger partial charge in [0.15, 0.2) is 6.61 Å². The van der Waals surface area contributed by atoms with E-state index in [1.807, 2.05) is 43.5 Å². The van der Waals surface area contributed by atoms with Crippen LogP contribution in [0.15, 0.2) is 35.7 Å². The first-order valence-electron chi connectivity index (χ1n) is 6.52. The molecule has 106 valence electrons. The monoisotopic (exact) mass is 289 g/mol. The van der Waals surface area contributed by atoms with E-state index in [0.29, 0.717) is 6.54 Å². The third-order valence-corrected chi connectivity index (χ3v) is 3.94. The standard InChI is InChI=1S/C16H19NO2S/c1-12-6-7-15(13(2)9-12)19-11-16(18)17(3)10-14-5-4-8-20-14/h4-9H,10-11H2,1-3H3. The van der Waals surface area contributed by atoms with Crippen molar-refractivity contribution < 1.29 is 9.53 Å². The number of benzene rings is 1. The van der Waals surface area contributed by atoms with Crippen molar-refractivity contribution in [2.75, 3.05) is 13.7 Å². The Hall–Kier alpha value is -1.81. The summed E-state index contributed by atoms with van der Waals surface area (Å²) in [6.07, 6.45) is 0. The fourth-order valence-corrected chi connectivity index (χ4v) is 2.69. The molecule has 1 aromatic heterocycles. The molecule has 0 atom stereocenters. The van der Waals surface area contributed by atoms with E-state index in [1.165, 1.54) is 10.4 Å². The lowest BCUT2D eigenvalue weighted by Gasteiger charge is -2.17. The lowest BCUT2D eigenvalue weighted by atomic mass is 10.1. The van der Waals surface area contributed by atoms with Crippen LogP contribution in [-0.4, -0.2) is 24.5 Å². The summed E-state index contributed by atoms with van der Waals surface area (Å²) in [7, 11) is 1.80. The number of carbonyl (C=O) groups excluding carboxylic acids is 1. The van der Waals surface area contributed by atoms with Crippen molar-refractivity contribution in [1.29, 1.82) is 0 Å². The largest absolute Gasteiger partial charge is 0.484 e. The predicted octanol–water partition coefficient (Wildman–Crippen LogP) is 3.40. The molecule has 4 heteroatoms. The molecule has 1 aromatic carbocycles. The van der Waals surface area contributed by atoms with Crippen LogP contribution < -0.4 is 4.74 Å². The Morgan fingerprint density at radius 1 is 1.30 bits per heavy atom. The maximum absolute atomic E-state index is 12.0. The highest BCUT2D eigenvalue weighted by Crippen LogP contribution is 2.18. The molecule has 0 N–H and O–H groups in total. The van der Waals surface area contributed by atoms with Crippen LogP contribution in [0.3, 0.4) is 0 Å². The molecule has 0 saturated heterocycles. The van der Waals surface area contributed by atoms with Gasteiger partial charge in [0.05, 0.1) is 6.54 Å². The summed E-state index contributed by atoms with van der Waals surface area (Å²) in [5, 5.41) is 2.01. The quantitative estimate of drug-likeness (QED) is 0.844. The van der Waals surface area contributed by atoms with Crippen molar-refractivity contribution in [3.63, 3.8) is 0 Å². The minimum atomic E-state index is -0.0154. The second-order valence-electron chi connectivity index (χ2n) is 4.89. The van der Waals surface area contributed by atoms with E-state index >= 15 is 0 Å². The van der Waals surface area contributed by atoms with E-state index in [2.05, 4.69) is 6.07 Å². The van der Waals surface area contributed by atoms with Gasteiger partial charge in [-0.2, -0.15) is 0 Å². The van der Waals surface area contributed by atoms with Crippen molar-refractivity contribution in [3.8, 4) is 5.75 Å². The maximum Gasteiger partial charge on any atom is 0.260 e. The van der Waals surface area contributed by atoms with Gasteiger partial charge in [0.2, 0.25) is 0 Å². The Labute approximate surface area is 123 Å². The highest BCUT2D eigenvalue weighted by molar-refractivity contribution is 7.09. The number of aryl methyl sites for hydroxylation is 2. The molecule has 0 saturated carbocycles. The van der Waals surface area contributed by atoms with Crippen LogP contribution >= 0.6 is 11.3 Å². The van der Waals surface area contributed by atoms with Crippen LogP contribution in [0.1, 0.15) is 16.0 Å². The summed E-state index contributed by atoms with van der Waals surface area (Å²) < 4.78 is 5.61. The molecule has 3 nitrogen and oxygen atoms in total. The van der Waals surface area contributed by atoms with Crippen molar-refractivity contribution in [1.82, 2.24) is 4.90 Å². The number of nitrogens with zero attached hydrogens (tertiary/aromatic N) is 1. The summed E-state index contributed by atoms with van der Waals surface area (Å²) in [5.41, 5.74) is 2.25. The Kier molecular flexibility index (Phi) is 4.79. The van der Waals surface area contributed by atoms with E-state index < -0.39 is 0 Å². The predicted molar refractivity (Wildman–Crippen MR) is 82.2 cm³/mol. The van der Waals surface area contributed by atoms with Gasteiger partial charge in [-0.3, -0.25) is 4.79 Å². The van der Waals surface area contributed by atoms with Crippen LogP contribution in [0.2, 0.25) is 0 Å². The van der Waals surface area contributed by atoms with Crippen LogP contribution in [0.25, 0.3) is 0 Å². The molecule has 20 heavy (non-hydrogen) atoms. The van der Waals surface area contributed by atoms with E-state index in [9.17, 15) is 4.79 Å². The zero-order valence-corrected chi connectivity index (χ0v) is 12.9. The van der Waals surface area contributed by atoms with Gasteiger partial charge < -0.3 is 9.64 Å². The summed E-state index contributed by atoms with van der Waals surface area (Å²) in [5.74, 6) is 0.756. The number of hydrogen-bond donors (Lipinski definition) is 0. The van der Waals surface area contributed by atoms with Crippen LogP contribution in [0, 0.1) is 13.8 Å². The smallest absolute Gasteiger partial charge is 0.260 e. The SMILES string of the molecule is Cc1ccc(OCC(=O)N(C)Cc2cccs2)c(C)c1. The lowest BCUT2D eigenvalue weighted by molar-refractivity contribution is -0.132. The molecule has 0 aliphatic carbocycles. The Morgan fingerprint density at radius 2 is 2.10 bits per heavy atom. The third kappa shape index (κ3) is 3.84. The minimum Gasteiger partial charge on any atom is -0.484 e. The first kappa shape index (κ1) is 14.6. The van der Waals surface area contributed by atoms with Crippen LogP contribution in [0.4, 0.5) is 0 Å². The van der Waals surface area contributed by atoms with Crippen LogP contribution in [-0.2, 0) is 11.3 Å². The molecule has 2 rings (SSSR count). The Morgan fingerprint density at radius 3 is 2.75 bits per heavy atom. The number of likely N-dealkylation sites (N-methyl/N-ethyl adjacent to an activating group) is 1. The number of carbonyl (C=O) groups is 1. The molecule has 0 aliphatic heterocycles. The van der Waals surface area contributed by atoms with Gasteiger partial charge in [-0.05, 0) is 36.9 Å². The molecule has 0 unspecified atom stereocenters. The molecule has 0 aliphatic rings. The number of rotatable bonds is 5. The molecule has 0 spiro atoms. The first-order valence-corrected chi connectivity index (χ1v) is 7.40. The summed E-state index contributed by atoms with van der Waals surface area (Å²) in [4.78, 5) is 14.9. The van der Waals surface area contributed by atoms with Gasteiger partial charge in [0, 0.05) is 11.9 Å². The minimum absolute atomic E-state index is 0.0154.